The van der Waals surface area contributed by atoms with Gasteiger partial charge in [0.2, 0.25) is 5.91 Å². The third-order valence-corrected chi connectivity index (χ3v) is 5.13. The van der Waals surface area contributed by atoms with Gasteiger partial charge in [-0.15, -0.1) is 22.7 Å². The average molecular weight is 344 g/mol. The second-order valence-electron chi connectivity index (χ2n) is 4.69. The van der Waals surface area contributed by atoms with E-state index >= 15 is 0 Å². The molecule has 0 bridgehead atoms. The third-order valence-electron chi connectivity index (χ3n) is 2.84. The molecule has 1 amide bonds. The number of thiazole rings is 1. The van der Waals surface area contributed by atoms with Gasteiger partial charge in [0.25, 0.3) is 0 Å². The minimum atomic E-state index is 0.000755. The van der Waals surface area contributed by atoms with Gasteiger partial charge in [-0.3, -0.25) is 4.79 Å². The molecule has 0 aliphatic rings. The standard InChI is InChI=1S/C14H18ClN3OS2/c1-3-16-9(2)7-17-13(19)6-10-8-20-14(18-10)11-4-5-12(15)21-11/h4-5,8-9,16H,3,6-7H2,1-2H3,(H,17,19)/t9-/m1/s1. The Kier molecular flexibility index (Phi) is 6.17. The molecule has 0 aromatic carbocycles. The zero-order valence-electron chi connectivity index (χ0n) is 12.0. The fourth-order valence-corrected chi connectivity index (χ4v) is 3.78. The van der Waals surface area contributed by atoms with Crippen molar-refractivity contribution in [2.24, 2.45) is 0 Å². The highest BCUT2D eigenvalue weighted by Gasteiger charge is 2.11. The second kappa shape index (κ2) is 7.89. The van der Waals surface area contributed by atoms with Crippen LogP contribution in [0.5, 0.6) is 0 Å². The van der Waals surface area contributed by atoms with Gasteiger partial charge in [-0.2, -0.15) is 0 Å². The van der Waals surface area contributed by atoms with Gasteiger partial charge in [-0.05, 0) is 25.6 Å². The molecule has 0 saturated heterocycles. The van der Waals surface area contributed by atoms with Crippen molar-refractivity contribution in [2.45, 2.75) is 26.3 Å². The van der Waals surface area contributed by atoms with Crippen LogP contribution in [0.2, 0.25) is 4.34 Å². The molecular weight excluding hydrogens is 326 g/mol. The molecule has 0 radical (unpaired) electrons. The Hall–Kier alpha value is -0.950. The zero-order chi connectivity index (χ0) is 15.2. The first-order chi connectivity index (χ1) is 10.1. The Bertz CT molecular complexity index is 597. The molecule has 0 saturated carbocycles. The van der Waals surface area contributed by atoms with Crippen molar-refractivity contribution in [2.75, 3.05) is 13.1 Å². The molecule has 0 fully saturated rings. The van der Waals surface area contributed by atoms with Gasteiger partial charge in [0.05, 0.1) is 21.3 Å². The Morgan fingerprint density at radius 1 is 1.48 bits per heavy atom. The molecular formula is C14H18ClN3OS2. The van der Waals surface area contributed by atoms with Crippen molar-refractivity contribution in [3.05, 3.63) is 27.5 Å². The van der Waals surface area contributed by atoms with Crippen molar-refractivity contribution in [3.8, 4) is 9.88 Å². The molecule has 0 unspecified atom stereocenters. The monoisotopic (exact) mass is 343 g/mol. The summed E-state index contributed by atoms with van der Waals surface area (Å²) in [5, 5.41) is 9.01. The number of likely N-dealkylation sites (N-methyl/N-ethyl adjacent to an activating group) is 1. The van der Waals surface area contributed by atoms with Gasteiger partial charge < -0.3 is 10.6 Å². The average Bonchev–Trinajstić information content (AvgIpc) is 3.06. The molecule has 2 N–H and O–H groups in total. The fourth-order valence-electron chi connectivity index (χ4n) is 1.85. The van der Waals surface area contributed by atoms with E-state index in [0.29, 0.717) is 13.0 Å². The molecule has 2 aromatic rings. The number of thiophene rings is 1. The number of rotatable bonds is 7. The highest BCUT2D eigenvalue weighted by atomic mass is 35.5. The van der Waals surface area contributed by atoms with E-state index in [2.05, 4.69) is 15.6 Å². The van der Waals surface area contributed by atoms with Crippen molar-refractivity contribution in [3.63, 3.8) is 0 Å². The lowest BCUT2D eigenvalue weighted by molar-refractivity contribution is -0.120. The number of hydrogen-bond donors (Lipinski definition) is 2. The number of amides is 1. The van der Waals surface area contributed by atoms with Crippen LogP contribution in [0.3, 0.4) is 0 Å². The van der Waals surface area contributed by atoms with E-state index < -0.39 is 0 Å². The summed E-state index contributed by atoms with van der Waals surface area (Å²) < 4.78 is 0.747. The van der Waals surface area contributed by atoms with E-state index in [-0.39, 0.29) is 11.9 Å². The Morgan fingerprint density at radius 2 is 2.29 bits per heavy atom. The molecule has 0 aliphatic carbocycles. The minimum Gasteiger partial charge on any atom is -0.354 e. The highest BCUT2D eigenvalue weighted by Crippen LogP contribution is 2.32. The SMILES string of the molecule is CCN[C@H](C)CNC(=O)Cc1csc(-c2ccc(Cl)s2)n1. The zero-order valence-corrected chi connectivity index (χ0v) is 14.4. The number of halogens is 1. The van der Waals surface area contributed by atoms with E-state index in [0.717, 1.165) is 26.5 Å². The molecule has 0 aliphatic heterocycles. The summed E-state index contributed by atoms with van der Waals surface area (Å²) in [6.07, 6.45) is 0.314. The molecule has 2 heterocycles. The first-order valence-corrected chi connectivity index (χ1v) is 8.86. The van der Waals surface area contributed by atoms with E-state index in [4.69, 9.17) is 11.6 Å². The van der Waals surface area contributed by atoms with Crippen molar-refractivity contribution < 1.29 is 4.79 Å². The van der Waals surface area contributed by atoms with E-state index in [1.165, 1.54) is 22.7 Å². The number of carbonyl (C=O) groups is 1. The summed E-state index contributed by atoms with van der Waals surface area (Å²) in [5.41, 5.74) is 0.799. The summed E-state index contributed by atoms with van der Waals surface area (Å²) in [4.78, 5) is 17.4. The minimum absolute atomic E-state index is 0.000755. The lowest BCUT2D eigenvalue weighted by Crippen LogP contribution is -2.39. The first kappa shape index (κ1) is 16.4. The molecule has 4 nitrogen and oxygen atoms in total. The van der Waals surface area contributed by atoms with Crippen LogP contribution in [0, 0.1) is 0 Å². The van der Waals surface area contributed by atoms with Crippen LogP contribution in [-0.2, 0) is 11.2 Å². The number of aromatic nitrogens is 1. The van der Waals surface area contributed by atoms with Gasteiger partial charge in [0.1, 0.15) is 5.01 Å². The van der Waals surface area contributed by atoms with E-state index in [1.807, 2.05) is 31.4 Å². The maximum absolute atomic E-state index is 11.9. The fraction of sp³-hybridized carbons (Fsp3) is 0.429. The van der Waals surface area contributed by atoms with Crippen LogP contribution >= 0.6 is 34.3 Å². The van der Waals surface area contributed by atoms with Crippen molar-refractivity contribution in [1.82, 2.24) is 15.6 Å². The van der Waals surface area contributed by atoms with Crippen LogP contribution in [0.4, 0.5) is 0 Å². The van der Waals surface area contributed by atoms with Gasteiger partial charge >= 0.3 is 0 Å². The van der Waals surface area contributed by atoms with Crippen LogP contribution in [-0.4, -0.2) is 30.0 Å². The maximum Gasteiger partial charge on any atom is 0.226 e. The molecule has 0 spiro atoms. The number of nitrogens with zero attached hydrogens (tertiary/aromatic N) is 1. The Labute approximate surface area is 137 Å². The predicted octanol–water partition coefficient (Wildman–Crippen LogP) is 3.18. The smallest absolute Gasteiger partial charge is 0.226 e. The summed E-state index contributed by atoms with van der Waals surface area (Å²) in [7, 11) is 0. The molecule has 2 rings (SSSR count). The van der Waals surface area contributed by atoms with Crippen molar-refractivity contribution >= 4 is 40.2 Å². The molecule has 1 atom stereocenters. The largest absolute Gasteiger partial charge is 0.354 e. The lowest BCUT2D eigenvalue weighted by Gasteiger charge is -2.12. The lowest BCUT2D eigenvalue weighted by atomic mass is 10.3. The summed E-state index contributed by atoms with van der Waals surface area (Å²) in [6.45, 7) is 5.62. The topological polar surface area (TPSA) is 54.0 Å². The number of hydrogen-bond acceptors (Lipinski definition) is 5. The predicted molar refractivity (Wildman–Crippen MR) is 90.3 cm³/mol. The Balaban J connectivity index is 1.86. The summed E-state index contributed by atoms with van der Waals surface area (Å²) in [5.74, 6) is 0.000755. The molecule has 21 heavy (non-hydrogen) atoms. The summed E-state index contributed by atoms with van der Waals surface area (Å²) >= 11 is 8.96. The van der Waals surface area contributed by atoms with Gasteiger partial charge in [-0.25, -0.2) is 4.98 Å². The van der Waals surface area contributed by atoms with E-state index in [9.17, 15) is 4.79 Å². The normalized spacial score (nSPS) is 12.3. The van der Waals surface area contributed by atoms with Crippen LogP contribution in [0.1, 0.15) is 19.5 Å². The van der Waals surface area contributed by atoms with Crippen LogP contribution in [0.25, 0.3) is 9.88 Å². The van der Waals surface area contributed by atoms with Gasteiger partial charge in [-0.1, -0.05) is 18.5 Å². The molecule has 2 aromatic heterocycles. The third kappa shape index (κ3) is 5.07. The first-order valence-electron chi connectivity index (χ1n) is 6.78. The Morgan fingerprint density at radius 3 is 2.95 bits per heavy atom. The maximum atomic E-state index is 11.9. The number of carbonyl (C=O) groups excluding carboxylic acids is 1. The van der Waals surface area contributed by atoms with E-state index in [1.54, 1.807) is 0 Å². The number of nitrogens with one attached hydrogen (secondary N) is 2. The van der Waals surface area contributed by atoms with Crippen LogP contribution < -0.4 is 10.6 Å². The summed E-state index contributed by atoms with van der Waals surface area (Å²) in [6, 6.07) is 4.09. The van der Waals surface area contributed by atoms with Gasteiger partial charge in [0, 0.05) is 18.0 Å². The highest BCUT2D eigenvalue weighted by molar-refractivity contribution is 7.23. The van der Waals surface area contributed by atoms with Crippen molar-refractivity contribution in [1.29, 1.82) is 0 Å². The quantitative estimate of drug-likeness (QED) is 0.811. The van der Waals surface area contributed by atoms with Crippen LogP contribution in [0.15, 0.2) is 17.5 Å². The molecule has 114 valence electrons. The second-order valence-corrected chi connectivity index (χ2v) is 7.26. The molecule has 7 heteroatoms. The van der Waals surface area contributed by atoms with Gasteiger partial charge in [0.15, 0.2) is 0 Å².